The quantitative estimate of drug-likeness (QED) is 0.170. The van der Waals surface area contributed by atoms with Gasteiger partial charge in [-0.05, 0) is 35.0 Å². The van der Waals surface area contributed by atoms with Gasteiger partial charge in [0.25, 0.3) is 0 Å². The van der Waals surface area contributed by atoms with Crippen LogP contribution in [0.2, 0.25) is 0 Å². The summed E-state index contributed by atoms with van der Waals surface area (Å²) in [5.74, 6) is -0.771. The van der Waals surface area contributed by atoms with Gasteiger partial charge in [-0.15, -0.1) is 27.6 Å². The number of hydrogen-bond acceptors (Lipinski definition) is 5. The third-order valence-corrected chi connectivity index (χ3v) is 7.83. The Balaban J connectivity index is 1.92. The van der Waals surface area contributed by atoms with Gasteiger partial charge in [0.15, 0.2) is 5.36 Å². The van der Waals surface area contributed by atoms with Gasteiger partial charge in [0.1, 0.15) is 17.0 Å². The molecule has 0 N–H and O–H groups in total. The molecule has 0 aliphatic rings. The second kappa shape index (κ2) is 5.90. The fraction of sp³-hybridized carbons (Fsp3) is 0. The van der Waals surface area contributed by atoms with Gasteiger partial charge in [0.2, 0.25) is 6.19 Å². The molecular formula is C22H6F2N4S2. The zero-order chi connectivity index (χ0) is 20.6. The molecule has 6 rings (SSSR count). The molecule has 0 amide bonds. The summed E-state index contributed by atoms with van der Waals surface area (Å²) in [6.07, 6.45) is 1.83. The average molecular weight is 428 g/mol. The maximum Gasteiger partial charge on any atom is 0.206 e. The number of benzene rings is 2. The molecule has 0 unspecified atom stereocenters. The van der Waals surface area contributed by atoms with Gasteiger partial charge < -0.3 is 0 Å². The Morgan fingerprint density at radius 3 is 1.87 bits per heavy atom. The summed E-state index contributed by atoms with van der Waals surface area (Å²) in [7, 11) is 0. The monoisotopic (exact) mass is 428 g/mol. The molecule has 0 fully saturated rings. The van der Waals surface area contributed by atoms with Crippen LogP contribution < -0.4 is 10.7 Å². The SMILES string of the molecule is [C-]#[N+]/N=c1\c2cc(F)ccc2c2c1sc1c2sc2c(=NC#N)c3cc(F)ccc3c21. The zero-order valence-electron chi connectivity index (χ0n) is 14.8. The van der Waals surface area contributed by atoms with Crippen molar-refractivity contribution in [3.05, 3.63) is 70.3 Å². The highest BCUT2D eigenvalue weighted by atomic mass is 32.1. The van der Waals surface area contributed by atoms with Gasteiger partial charge in [0.05, 0.1) is 23.9 Å². The Bertz CT molecular complexity index is 1760. The van der Waals surface area contributed by atoms with Gasteiger partial charge in [0, 0.05) is 21.5 Å². The lowest BCUT2D eigenvalue weighted by molar-refractivity contribution is 0.629. The van der Waals surface area contributed by atoms with E-state index in [2.05, 4.69) is 15.0 Å². The topological polar surface area (TPSA) is 52.9 Å². The molecule has 30 heavy (non-hydrogen) atoms. The first-order valence-corrected chi connectivity index (χ1v) is 10.4. The third kappa shape index (κ3) is 2.04. The van der Waals surface area contributed by atoms with Crippen molar-refractivity contribution in [2.75, 3.05) is 0 Å². The summed E-state index contributed by atoms with van der Waals surface area (Å²) in [5, 5.41) is 18.8. The lowest BCUT2D eigenvalue weighted by Gasteiger charge is -1.92. The van der Waals surface area contributed by atoms with Crippen molar-refractivity contribution in [1.29, 1.82) is 5.26 Å². The summed E-state index contributed by atoms with van der Waals surface area (Å²) in [5.41, 5.74) is 0. The highest BCUT2D eigenvalue weighted by Gasteiger charge is 2.23. The van der Waals surface area contributed by atoms with Crippen LogP contribution in [-0.2, 0) is 0 Å². The van der Waals surface area contributed by atoms with E-state index >= 15 is 0 Å². The van der Waals surface area contributed by atoms with E-state index in [-0.39, 0.29) is 11.6 Å². The van der Waals surface area contributed by atoms with Crippen molar-refractivity contribution in [1.82, 2.24) is 0 Å². The number of rotatable bonds is 0. The van der Waals surface area contributed by atoms with Crippen molar-refractivity contribution in [3.8, 4) is 6.19 Å². The highest BCUT2D eigenvalue weighted by Crippen LogP contribution is 2.47. The smallest absolute Gasteiger partial charge is 0.206 e. The minimum atomic E-state index is -0.387. The van der Waals surface area contributed by atoms with Crippen molar-refractivity contribution in [3.63, 3.8) is 0 Å². The van der Waals surface area contributed by atoms with Gasteiger partial charge in [-0.1, -0.05) is 12.1 Å². The van der Waals surface area contributed by atoms with E-state index < -0.39 is 0 Å². The van der Waals surface area contributed by atoms with Crippen molar-refractivity contribution >= 4 is 73.8 Å². The molecule has 0 atom stereocenters. The lowest BCUT2D eigenvalue weighted by Crippen LogP contribution is -1.96. The minimum absolute atomic E-state index is 0.383. The molecule has 0 bridgehead atoms. The van der Waals surface area contributed by atoms with Crippen LogP contribution in [0.3, 0.4) is 0 Å². The number of nitriles is 1. The number of hydrogen-bond donors (Lipinski definition) is 0. The molecule has 2 aromatic heterocycles. The van der Waals surface area contributed by atoms with Crippen molar-refractivity contribution in [2.24, 2.45) is 10.1 Å². The van der Waals surface area contributed by atoms with E-state index in [1.807, 2.05) is 6.19 Å². The average Bonchev–Trinajstić information content (AvgIpc) is 3.41. The zero-order valence-corrected chi connectivity index (χ0v) is 16.5. The second-order valence-electron chi connectivity index (χ2n) is 6.76. The molecule has 6 aromatic rings. The summed E-state index contributed by atoms with van der Waals surface area (Å²) < 4.78 is 31.4. The third-order valence-electron chi connectivity index (χ3n) is 5.28. The number of halogens is 2. The maximum absolute atomic E-state index is 13.9. The van der Waals surface area contributed by atoms with Crippen LogP contribution in [0.15, 0.2) is 46.5 Å². The van der Waals surface area contributed by atoms with E-state index in [1.54, 1.807) is 12.1 Å². The summed E-state index contributed by atoms with van der Waals surface area (Å²) in [4.78, 5) is 7.16. The molecule has 4 nitrogen and oxygen atoms in total. The molecule has 0 aliphatic heterocycles. The standard InChI is InChI=1S/C22H6F2N4S2/c1-26-28-18-14-7-10(24)3-5-12(14)16-20(18)30-21-15-11-4-2-9(23)6-13(11)17(27-8-25)19(15)29-22(16)21/h2-7H/b27-17?,28-18+. The predicted octanol–water partition coefficient (Wildman–Crippen LogP) is 5.85. The lowest BCUT2D eigenvalue weighted by atomic mass is 10.1. The van der Waals surface area contributed by atoms with E-state index in [0.29, 0.717) is 21.5 Å². The summed E-state index contributed by atoms with van der Waals surface area (Å²) >= 11 is 2.96. The van der Waals surface area contributed by atoms with Crippen LogP contribution in [0.5, 0.6) is 0 Å². The summed E-state index contributed by atoms with van der Waals surface area (Å²) in [6.45, 7) is 7.18. The van der Waals surface area contributed by atoms with Crippen LogP contribution in [0, 0.1) is 29.7 Å². The van der Waals surface area contributed by atoms with Gasteiger partial charge in [-0.25, -0.2) is 8.78 Å². The van der Waals surface area contributed by atoms with Crippen LogP contribution >= 0.6 is 22.7 Å². The van der Waals surface area contributed by atoms with Gasteiger partial charge >= 0.3 is 0 Å². The second-order valence-corrected chi connectivity index (χ2v) is 8.80. The van der Waals surface area contributed by atoms with E-state index in [4.69, 9.17) is 6.57 Å². The molecule has 140 valence electrons. The predicted molar refractivity (Wildman–Crippen MR) is 115 cm³/mol. The first kappa shape index (κ1) is 17.2. The van der Waals surface area contributed by atoms with Crippen LogP contribution in [0.4, 0.5) is 8.78 Å². The minimum Gasteiger partial charge on any atom is -0.207 e. The molecule has 4 aromatic carbocycles. The molecule has 0 aliphatic carbocycles. The molecular weight excluding hydrogens is 422 g/mol. The van der Waals surface area contributed by atoms with E-state index in [1.165, 1.54) is 46.9 Å². The van der Waals surface area contributed by atoms with Crippen molar-refractivity contribution in [2.45, 2.75) is 0 Å². The fourth-order valence-electron chi connectivity index (χ4n) is 4.17. The number of fused-ring (bicyclic) bond motifs is 9. The Kier molecular flexibility index (Phi) is 3.37. The number of thiophene rings is 2. The first-order valence-electron chi connectivity index (χ1n) is 8.74. The molecule has 0 saturated carbocycles. The Morgan fingerprint density at radius 2 is 1.33 bits per heavy atom. The van der Waals surface area contributed by atoms with Gasteiger partial charge in [-0.3, -0.25) is 0 Å². The molecule has 8 heteroatoms. The Labute approximate surface area is 174 Å². The van der Waals surface area contributed by atoms with Gasteiger partial charge in [-0.2, -0.15) is 16.8 Å². The largest absolute Gasteiger partial charge is 0.207 e. The van der Waals surface area contributed by atoms with Crippen LogP contribution in [0.1, 0.15) is 0 Å². The van der Waals surface area contributed by atoms with E-state index in [9.17, 15) is 14.0 Å². The van der Waals surface area contributed by atoms with E-state index in [0.717, 1.165) is 40.3 Å². The molecule has 0 saturated heterocycles. The fourth-order valence-corrected chi connectivity index (χ4v) is 7.11. The van der Waals surface area contributed by atoms with Crippen LogP contribution in [-0.4, -0.2) is 0 Å². The summed E-state index contributed by atoms with van der Waals surface area (Å²) in [6, 6.07) is 9.01. The maximum atomic E-state index is 13.9. The first-order chi connectivity index (χ1) is 14.6. The number of nitrogens with zero attached hydrogens (tertiary/aromatic N) is 4. The van der Waals surface area contributed by atoms with Crippen molar-refractivity contribution < 1.29 is 8.78 Å². The molecule has 0 radical (unpaired) electrons. The molecule has 2 heterocycles. The Hall–Kier alpha value is -3.72. The normalized spacial score (nSPS) is 13.3. The van der Waals surface area contributed by atoms with Crippen LogP contribution in [0.25, 0.3) is 56.1 Å². The Morgan fingerprint density at radius 1 is 0.800 bits per heavy atom. The highest BCUT2D eigenvalue weighted by molar-refractivity contribution is 7.37. The molecule has 0 spiro atoms.